The van der Waals surface area contributed by atoms with Crippen LogP contribution in [0.1, 0.15) is 35.7 Å². The van der Waals surface area contributed by atoms with Gasteiger partial charge in [-0.2, -0.15) is 0 Å². The van der Waals surface area contributed by atoms with Crippen molar-refractivity contribution in [3.05, 3.63) is 65.7 Å². The van der Waals surface area contributed by atoms with E-state index in [2.05, 4.69) is 6.92 Å². The number of ether oxygens (including phenoxy) is 1. The highest BCUT2D eigenvalue weighted by Crippen LogP contribution is 2.36. The van der Waals surface area contributed by atoms with Crippen LogP contribution in [-0.4, -0.2) is 24.0 Å². The molecular formula is C20H23NO2. The second-order valence-electron chi connectivity index (χ2n) is 6.23. The molecule has 0 spiro atoms. The number of carbonyl (C=O) groups excluding carboxylic acids is 1. The molecule has 0 radical (unpaired) electrons. The van der Waals surface area contributed by atoms with E-state index in [0.717, 1.165) is 16.9 Å². The van der Waals surface area contributed by atoms with E-state index in [1.165, 1.54) is 12.8 Å². The van der Waals surface area contributed by atoms with Crippen molar-refractivity contribution in [1.82, 2.24) is 4.90 Å². The minimum Gasteiger partial charge on any atom is -0.497 e. The Balaban J connectivity index is 1.81. The summed E-state index contributed by atoms with van der Waals surface area (Å²) in [5.74, 6) is 1.59. The van der Waals surface area contributed by atoms with E-state index >= 15 is 0 Å². The summed E-state index contributed by atoms with van der Waals surface area (Å²) in [4.78, 5) is 15.0. The first-order valence-corrected chi connectivity index (χ1v) is 8.18. The smallest absolute Gasteiger partial charge is 0.254 e. The first-order chi connectivity index (χ1) is 11.2. The number of carbonyl (C=O) groups is 1. The van der Waals surface area contributed by atoms with E-state index in [0.29, 0.717) is 12.5 Å². The molecule has 3 heteroatoms. The number of amides is 1. The second-order valence-corrected chi connectivity index (χ2v) is 6.23. The Hall–Kier alpha value is -2.29. The summed E-state index contributed by atoms with van der Waals surface area (Å²) in [7, 11) is 1.66. The SMILES string of the molecule is COc1ccc(CN(C(=O)c2ccccc2)C(C)C2CC2)cc1. The van der Waals surface area contributed by atoms with E-state index in [9.17, 15) is 4.79 Å². The molecule has 0 aromatic heterocycles. The summed E-state index contributed by atoms with van der Waals surface area (Å²) < 4.78 is 5.21. The van der Waals surface area contributed by atoms with E-state index in [1.807, 2.05) is 59.5 Å². The van der Waals surface area contributed by atoms with Gasteiger partial charge in [-0.1, -0.05) is 30.3 Å². The number of nitrogens with zero attached hydrogens (tertiary/aromatic N) is 1. The van der Waals surface area contributed by atoms with Crippen LogP contribution in [-0.2, 0) is 6.54 Å². The Morgan fingerprint density at radius 1 is 1.13 bits per heavy atom. The zero-order valence-electron chi connectivity index (χ0n) is 13.7. The number of benzene rings is 2. The van der Waals surface area contributed by atoms with Gasteiger partial charge in [0.15, 0.2) is 0 Å². The standard InChI is InChI=1S/C20H23NO2/c1-15(17-10-11-17)21(20(22)18-6-4-3-5-7-18)14-16-8-12-19(23-2)13-9-16/h3-9,12-13,15,17H,10-11,14H2,1-2H3. The van der Waals surface area contributed by atoms with Crippen molar-refractivity contribution in [2.24, 2.45) is 5.92 Å². The summed E-state index contributed by atoms with van der Waals surface area (Å²) in [6.07, 6.45) is 2.45. The molecule has 23 heavy (non-hydrogen) atoms. The third-order valence-electron chi connectivity index (χ3n) is 4.59. The van der Waals surface area contributed by atoms with E-state index in [-0.39, 0.29) is 11.9 Å². The predicted octanol–water partition coefficient (Wildman–Crippen LogP) is 4.14. The second kappa shape index (κ2) is 6.86. The molecular weight excluding hydrogens is 286 g/mol. The summed E-state index contributed by atoms with van der Waals surface area (Å²) in [5, 5.41) is 0. The predicted molar refractivity (Wildman–Crippen MR) is 91.5 cm³/mol. The van der Waals surface area contributed by atoms with Crippen LogP contribution in [0, 0.1) is 5.92 Å². The minimum absolute atomic E-state index is 0.112. The Labute approximate surface area is 137 Å². The Morgan fingerprint density at radius 2 is 1.78 bits per heavy atom. The molecule has 2 aromatic rings. The van der Waals surface area contributed by atoms with Gasteiger partial charge in [-0.05, 0) is 55.5 Å². The molecule has 0 N–H and O–H groups in total. The van der Waals surface area contributed by atoms with Gasteiger partial charge in [-0.15, -0.1) is 0 Å². The van der Waals surface area contributed by atoms with Gasteiger partial charge in [-0.3, -0.25) is 4.79 Å². The maximum Gasteiger partial charge on any atom is 0.254 e. The van der Waals surface area contributed by atoms with Gasteiger partial charge < -0.3 is 9.64 Å². The lowest BCUT2D eigenvalue weighted by molar-refractivity contribution is 0.0654. The summed E-state index contributed by atoms with van der Waals surface area (Å²) in [5.41, 5.74) is 1.89. The molecule has 0 saturated heterocycles. The molecule has 1 aliphatic carbocycles. The van der Waals surface area contributed by atoms with Crippen LogP contribution in [0.2, 0.25) is 0 Å². The van der Waals surface area contributed by atoms with Crippen molar-refractivity contribution in [3.8, 4) is 5.75 Å². The molecule has 3 nitrogen and oxygen atoms in total. The van der Waals surface area contributed by atoms with Crippen LogP contribution >= 0.6 is 0 Å². The lowest BCUT2D eigenvalue weighted by Crippen LogP contribution is -2.39. The van der Waals surface area contributed by atoms with Crippen molar-refractivity contribution in [2.45, 2.75) is 32.4 Å². The van der Waals surface area contributed by atoms with Crippen molar-refractivity contribution in [2.75, 3.05) is 7.11 Å². The van der Waals surface area contributed by atoms with Crippen molar-refractivity contribution in [1.29, 1.82) is 0 Å². The highest BCUT2D eigenvalue weighted by molar-refractivity contribution is 5.94. The highest BCUT2D eigenvalue weighted by atomic mass is 16.5. The van der Waals surface area contributed by atoms with Crippen LogP contribution in [0.25, 0.3) is 0 Å². The molecule has 0 aliphatic heterocycles. The monoisotopic (exact) mass is 309 g/mol. The van der Waals surface area contributed by atoms with Gasteiger partial charge in [0.2, 0.25) is 0 Å². The molecule has 1 saturated carbocycles. The minimum atomic E-state index is 0.112. The van der Waals surface area contributed by atoms with Gasteiger partial charge in [0.05, 0.1) is 7.11 Å². The fraction of sp³-hybridized carbons (Fsp3) is 0.350. The van der Waals surface area contributed by atoms with Crippen LogP contribution < -0.4 is 4.74 Å². The van der Waals surface area contributed by atoms with Gasteiger partial charge >= 0.3 is 0 Å². The maximum absolute atomic E-state index is 12.9. The molecule has 2 aromatic carbocycles. The fourth-order valence-corrected chi connectivity index (χ4v) is 2.91. The molecule has 120 valence electrons. The third kappa shape index (κ3) is 3.73. The first kappa shape index (κ1) is 15.6. The highest BCUT2D eigenvalue weighted by Gasteiger charge is 2.34. The number of rotatable bonds is 6. The van der Waals surface area contributed by atoms with Crippen molar-refractivity contribution >= 4 is 5.91 Å². The largest absolute Gasteiger partial charge is 0.497 e. The topological polar surface area (TPSA) is 29.5 Å². The summed E-state index contributed by atoms with van der Waals surface area (Å²) in [6.45, 7) is 2.80. The molecule has 0 bridgehead atoms. The van der Waals surface area contributed by atoms with Crippen molar-refractivity contribution in [3.63, 3.8) is 0 Å². The van der Waals surface area contributed by atoms with Crippen LogP contribution in [0.5, 0.6) is 5.75 Å². The molecule has 0 heterocycles. The molecule has 1 aliphatic rings. The maximum atomic E-state index is 12.9. The molecule has 1 amide bonds. The summed E-state index contributed by atoms with van der Waals surface area (Å²) >= 11 is 0. The van der Waals surface area contributed by atoms with Gasteiger partial charge in [-0.25, -0.2) is 0 Å². The summed E-state index contributed by atoms with van der Waals surface area (Å²) in [6, 6.07) is 17.8. The number of methoxy groups -OCH3 is 1. The first-order valence-electron chi connectivity index (χ1n) is 8.18. The Kier molecular flexibility index (Phi) is 4.65. The Bertz CT molecular complexity index is 647. The van der Waals surface area contributed by atoms with Gasteiger partial charge in [0.1, 0.15) is 5.75 Å². The zero-order chi connectivity index (χ0) is 16.2. The molecule has 1 unspecified atom stereocenters. The number of hydrogen-bond donors (Lipinski definition) is 0. The third-order valence-corrected chi connectivity index (χ3v) is 4.59. The molecule has 1 fully saturated rings. The molecule has 1 atom stereocenters. The molecule has 3 rings (SSSR count). The lowest BCUT2D eigenvalue weighted by Gasteiger charge is -2.30. The van der Waals surface area contributed by atoms with Gasteiger partial charge in [0, 0.05) is 18.2 Å². The average Bonchev–Trinajstić information content (AvgIpc) is 3.45. The Morgan fingerprint density at radius 3 is 2.35 bits per heavy atom. The van der Waals surface area contributed by atoms with E-state index < -0.39 is 0 Å². The average molecular weight is 309 g/mol. The van der Waals surface area contributed by atoms with Crippen molar-refractivity contribution < 1.29 is 9.53 Å². The quantitative estimate of drug-likeness (QED) is 0.802. The lowest BCUT2D eigenvalue weighted by atomic mass is 10.1. The van der Waals surface area contributed by atoms with Crippen LogP contribution in [0.15, 0.2) is 54.6 Å². The normalized spacial score (nSPS) is 15.0. The zero-order valence-corrected chi connectivity index (χ0v) is 13.7. The van der Waals surface area contributed by atoms with Crippen LogP contribution in [0.3, 0.4) is 0 Å². The number of hydrogen-bond acceptors (Lipinski definition) is 2. The van der Waals surface area contributed by atoms with Gasteiger partial charge in [0.25, 0.3) is 5.91 Å². The fourth-order valence-electron chi connectivity index (χ4n) is 2.91. The van der Waals surface area contributed by atoms with Crippen LogP contribution in [0.4, 0.5) is 0 Å². The van der Waals surface area contributed by atoms with E-state index in [4.69, 9.17) is 4.74 Å². The van der Waals surface area contributed by atoms with E-state index in [1.54, 1.807) is 7.11 Å².